The van der Waals surface area contributed by atoms with Gasteiger partial charge in [-0.25, -0.2) is 0 Å². The SMILES string of the molecule is CCc1nnsc1C(=O)NC[C@@H]1CCCN1CC. The third-order valence-electron chi connectivity index (χ3n) is 3.50. The third kappa shape index (κ3) is 2.87. The number of carbonyl (C=O) groups excluding carboxylic acids is 1. The Hall–Kier alpha value is -1.01. The molecule has 18 heavy (non-hydrogen) atoms. The van der Waals surface area contributed by atoms with E-state index in [2.05, 4.69) is 26.7 Å². The van der Waals surface area contributed by atoms with Crippen molar-refractivity contribution in [1.29, 1.82) is 0 Å². The van der Waals surface area contributed by atoms with Crippen LogP contribution in [0.15, 0.2) is 0 Å². The zero-order valence-electron chi connectivity index (χ0n) is 11.0. The van der Waals surface area contributed by atoms with Gasteiger partial charge in [0, 0.05) is 12.6 Å². The van der Waals surface area contributed by atoms with E-state index in [0.29, 0.717) is 10.9 Å². The number of likely N-dealkylation sites (tertiary alicyclic amines) is 1. The molecule has 1 atom stereocenters. The van der Waals surface area contributed by atoms with Gasteiger partial charge in [-0.3, -0.25) is 9.69 Å². The van der Waals surface area contributed by atoms with Crippen molar-refractivity contribution >= 4 is 17.4 Å². The van der Waals surface area contributed by atoms with Gasteiger partial charge in [-0.2, -0.15) is 0 Å². The van der Waals surface area contributed by atoms with Gasteiger partial charge in [0.05, 0.1) is 5.69 Å². The maximum Gasteiger partial charge on any atom is 0.265 e. The lowest BCUT2D eigenvalue weighted by Gasteiger charge is -2.22. The summed E-state index contributed by atoms with van der Waals surface area (Å²) in [5.74, 6) is -0.0233. The van der Waals surface area contributed by atoms with Gasteiger partial charge in [-0.05, 0) is 43.9 Å². The molecule has 0 radical (unpaired) electrons. The predicted molar refractivity (Wildman–Crippen MR) is 71.9 cm³/mol. The Balaban J connectivity index is 1.88. The van der Waals surface area contributed by atoms with Crippen molar-refractivity contribution < 1.29 is 4.79 Å². The molecule has 0 aliphatic carbocycles. The molecule has 1 saturated heterocycles. The highest BCUT2D eigenvalue weighted by molar-refractivity contribution is 7.08. The summed E-state index contributed by atoms with van der Waals surface area (Å²) < 4.78 is 3.85. The van der Waals surface area contributed by atoms with Crippen LogP contribution in [0.1, 0.15) is 42.1 Å². The van der Waals surface area contributed by atoms with Crippen LogP contribution < -0.4 is 5.32 Å². The number of nitrogens with one attached hydrogen (secondary N) is 1. The van der Waals surface area contributed by atoms with Gasteiger partial charge in [0.1, 0.15) is 4.88 Å². The molecule has 1 aliphatic heterocycles. The van der Waals surface area contributed by atoms with E-state index in [1.54, 1.807) is 0 Å². The fourth-order valence-electron chi connectivity index (χ4n) is 2.45. The second kappa shape index (κ2) is 6.24. The van der Waals surface area contributed by atoms with Crippen molar-refractivity contribution in [2.24, 2.45) is 0 Å². The monoisotopic (exact) mass is 268 g/mol. The molecule has 5 nitrogen and oxygen atoms in total. The molecule has 0 saturated carbocycles. The van der Waals surface area contributed by atoms with Crippen molar-refractivity contribution in [2.45, 2.75) is 39.2 Å². The number of carbonyl (C=O) groups is 1. The molecule has 1 fully saturated rings. The topological polar surface area (TPSA) is 58.1 Å². The van der Waals surface area contributed by atoms with Gasteiger partial charge >= 0.3 is 0 Å². The molecule has 1 amide bonds. The molecular weight excluding hydrogens is 248 g/mol. The Bertz CT molecular complexity index is 407. The van der Waals surface area contributed by atoms with E-state index < -0.39 is 0 Å². The number of aryl methyl sites for hydroxylation is 1. The van der Waals surface area contributed by atoms with Gasteiger partial charge in [0.25, 0.3) is 5.91 Å². The number of hydrogen-bond acceptors (Lipinski definition) is 5. The largest absolute Gasteiger partial charge is 0.350 e. The first kappa shape index (κ1) is 13.4. The number of aromatic nitrogens is 2. The summed E-state index contributed by atoms with van der Waals surface area (Å²) in [7, 11) is 0. The minimum atomic E-state index is -0.0233. The molecule has 1 aliphatic rings. The van der Waals surface area contributed by atoms with E-state index in [-0.39, 0.29) is 5.91 Å². The Morgan fingerprint density at radius 3 is 3.11 bits per heavy atom. The Labute approximate surface area is 112 Å². The minimum absolute atomic E-state index is 0.0233. The molecule has 1 aromatic heterocycles. The second-order valence-corrected chi connectivity index (χ2v) is 5.29. The van der Waals surface area contributed by atoms with Crippen LogP contribution in [0.25, 0.3) is 0 Å². The summed E-state index contributed by atoms with van der Waals surface area (Å²) >= 11 is 1.18. The standard InChI is InChI=1S/C12H20N4OS/c1-3-10-11(18-15-14-10)12(17)13-8-9-6-5-7-16(9)4-2/h9H,3-8H2,1-2H3,(H,13,17)/t9-/m0/s1. The number of amides is 1. The van der Waals surface area contributed by atoms with Crippen LogP contribution in [0.5, 0.6) is 0 Å². The average molecular weight is 268 g/mol. The van der Waals surface area contributed by atoms with Crippen molar-refractivity contribution in [2.75, 3.05) is 19.6 Å². The molecule has 2 heterocycles. The zero-order chi connectivity index (χ0) is 13.0. The zero-order valence-corrected chi connectivity index (χ0v) is 11.8. The van der Waals surface area contributed by atoms with Crippen LogP contribution in [0.3, 0.4) is 0 Å². The molecule has 2 rings (SSSR count). The van der Waals surface area contributed by atoms with Crippen LogP contribution in [-0.2, 0) is 6.42 Å². The molecule has 6 heteroatoms. The first-order chi connectivity index (χ1) is 8.76. The smallest absolute Gasteiger partial charge is 0.265 e. The fraction of sp³-hybridized carbons (Fsp3) is 0.750. The van der Waals surface area contributed by atoms with Crippen LogP contribution in [0.4, 0.5) is 0 Å². The average Bonchev–Trinajstić information content (AvgIpc) is 3.03. The van der Waals surface area contributed by atoms with Gasteiger partial charge < -0.3 is 5.32 Å². The lowest BCUT2D eigenvalue weighted by atomic mass is 10.2. The number of hydrogen-bond donors (Lipinski definition) is 1. The summed E-state index contributed by atoms with van der Waals surface area (Å²) in [5.41, 5.74) is 0.802. The van der Waals surface area contributed by atoms with E-state index >= 15 is 0 Å². The summed E-state index contributed by atoms with van der Waals surface area (Å²) in [6.07, 6.45) is 3.16. The fourth-order valence-corrected chi connectivity index (χ4v) is 3.11. The van der Waals surface area contributed by atoms with Crippen LogP contribution in [0.2, 0.25) is 0 Å². The lowest BCUT2D eigenvalue weighted by Crippen LogP contribution is -2.40. The van der Waals surface area contributed by atoms with Gasteiger partial charge in [-0.15, -0.1) is 5.10 Å². The summed E-state index contributed by atoms with van der Waals surface area (Å²) in [4.78, 5) is 15.1. The van der Waals surface area contributed by atoms with Crippen LogP contribution in [-0.4, -0.2) is 46.1 Å². The van der Waals surface area contributed by atoms with Gasteiger partial charge in [0.2, 0.25) is 0 Å². The van der Waals surface area contributed by atoms with E-state index in [9.17, 15) is 4.79 Å². The predicted octanol–water partition coefficient (Wildman–Crippen LogP) is 1.31. The molecule has 0 unspecified atom stereocenters. The maximum absolute atomic E-state index is 12.0. The lowest BCUT2D eigenvalue weighted by molar-refractivity contribution is 0.0944. The first-order valence-corrected chi connectivity index (χ1v) is 7.37. The highest BCUT2D eigenvalue weighted by Crippen LogP contribution is 2.16. The molecule has 100 valence electrons. The van der Waals surface area contributed by atoms with Gasteiger partial charge in [0.15, 0.2) is 0 Å². The van der Waals surface area contributed by atoms with Crippen molar-refractivity contribution in [3.63, 3.8) is 0 Å². The molecular formula is C12H20N4OS. The Morgan fingerprint density at radius 1 is 1.56 bits per heavy atom. The first-order valence-electron chi connectivity index (χ1n) is 6.59. The number of likely N-dealkylation sites (N-methyl/N-ethyl adjacent to an activating group) is 1. The maximum atomic E-state index is 12.0. The van der Waals surface area contributed by atoms with Gasteiger partial charge in [-0.1, -0.05) is 18.3 Å². The van der Waals surface area contributed by atoms with Crippen molar-refractivity contribution in [3.8, 4) is 0 Å². The van der Waals surface area contributed by atoms with Crippen LogP contribution >= 0.6 is 11.5 Å². The highest BCUT2D eigenvalue weighted by atomic mass is 32.1. The van der Waals surface area contributed by atoms with Crippen molar-refractivity contribution in [3.05, 3.63) is 10.6 Å². The number of nitrogens with zero attached hydrogens (tertiary/aromatic N) is 3. The second-order valence-electron chi connectivity index (χ2n) is 4.54. The summed E-state index contributed by atoms with van der Waals surface area (Å²) in [6, 6.07) is 0.491. The normalized spacial score (nSPS) is 20.2. The summed E-state index contributed by atoms with van der Waals surface area (Å²) in [5, 5.41) is 6.98. The molecule has 1 aromatic rings. The van der Waals surface area contributed by atoms with E-state index in [4.69, 9.17) is 0 Å². The van der Waals surface area contributed by atoms with E-state index in [1.165, 1.54) is 24.4 Å². The number of rotatable bonds is 5. The van der Waals surface area contributed by atoms with E-state index in [1.807, 2.05) is 6.92 Å². The third-order valence-corrected chi connectivity index (χ3v) is 4.27. The molecule has 0 bridgehead atoms. The Kier molecular flexibility index (Phi) is 4.66. The Morgan fingerprint density at radius 2 is 2.39 bits per heavy atom. The molecule has 0 spiro atoms. The quantitative estimate of drug-likeness (QED) is 0.875. The summed E-state index contributed by atoms with van der Waals surface area (Å²) in [6.45, 7) is 7.10. The molecule has 1 N–H and O–H groups in total. The highest BCUT2D eigenvalue weighted by Gasteiger charge is 2.24. The minimum Gasteiger partial charge on any atom is -0.350 e. The molecule has 0 aromatic carbocycles. The van der Waals surface area contributed by atoms with Crippen LogP contribution in [0, 0.1) is 0 Å². The van der Waals surface area contributed by atoms with Crippen molar-refractivity contribution in [1.82, 2.24) is 19.8 Å². The van der Waals surface area contributed by atoms with E-state index in [0.717, 1.165) is 31.7 Å².